The van der Waals surface area contributed by atoms with E-state index in [0.717, 1.165) is 39.5 Å². The van der Waals surface area contributed by atoms with Gasteiger partial charge in [-0.2, -0.15) is 0 Å². The molecule has 2 heterocycles. The minimum absolute atomic E-state index is 0.598. The highest BCUT2D eigenvalue weighted by atomic mass is 32.1. The van der Waals surface area contributed by atoms with Gasteiger partial charge in [0.05, 0.1) is 0 Å². The Labute approximate surface area is 116 Å². The van der Waals surface area contributed by atoms with Gasteiger partial charge in [-0.05, 0) is 38.9 Å². The Morgan fingerprint density at radius 2 is 1.89 bits per heavy atom. The molecule has 0 radical (unpaired) electrons. The summed E-state index contributed by atoms with van der Waals surface area (Å²) in [6.45, 7) is 5.77. The Morgan fingerprint density at radius 3 is 2.44 bits per heavy atom. The van der Waals surface area contributed by atoms with Crippen LogP contribution >= 0.6 is 24.4 Å². The highest BCUT2D eigenvalue weighted by Crippen LogP contribution is 2.39. The molecular weight excluding hydrogens is 264 g/mol. The molecular formula is C12H16N4S2. The second-order valence-electron chi connectivity index (χ2n) is 4.67. The van der Waals surface area contributed by atoms with Crippen LogP contribution in [-0.2, 0) is 13.1 Å². The maximum absolute atomic E-state index is 5.52. The lowest BCUT2D eigenvalue weighted by Gasteiger charge is -2.10. The topological polar surface area (TPSA) is 38.5 Å². The van der Waals surface area contributed by atoms with Crippen LogP contribution in [0.25, 0.3) is 11.2 Å². The van der Waals surface area contributed by atoms with Crippen LogP contribution in [0.1, 0.15) is 38.4 Å². The Hall–Kier alpha value is -1.01. The maximum Gasteiger partial charge on any atom is 0.182 e. The van der Waals surface area contributed by atoms with Crippen LogP contribution in [0.15, 0.2) is 0 Å². The first kappa shape index (κ1) is 12.0. The van der Waals surface area contributed by atoms with Gasteiger partial charge in [-0.15, -0.1) is 0 Å². The Bertz CT molecular complexity index is 718. The van der Waals surface area contributed by atoms with Crippen LogP contribution in [0.2, 0.25) is 0 Å². The average Bonchev–Trinajstić information content (AvgIpc) is 3.11. The van der Waals surface area contributed by atoms with Gasteiger partial charge >= 0.3 is 0 Å². The minimum atomic E-state index is 0.598. The number of fused-ring (bicyclic) bond motifs is 1. The van der Waals surface area contributed by atoms with E-state index in [2.05, 4.69) is 23.4 Å². The molecule has 3 rings (SSSR count). The summed E-state index contributed by atoms with van der Waals surface area (Å²) in [5.74, 6) is 1.67. The summed E-state index contributed by atoms with van der Waals surface area (Å²) < 4.78 is 5.60. The number of hydrogen-bond acceptors (Lipinski definition) is 3. The van der Waals surface area contributed by atoms with Crippen LogP contribution in [0.4, 0.5) is 0 Å². The fraction of sp³-hybridized carbons (Fsp3) is 0.583. The van der Waals surface area contributed by atoms with Crippen molar-refractivity contribution in [2.45, 2.75) is 45.7 Å². The van der Waals surface area contributed by atoms with Gasteiger partial charge in [0.15, 0.2) is 10.4 Å². The number of hydrogen-bond donors (Lipinski definition) is 1. The first-order valence-electron chi connectivity index (χ1n) is 6.40. The number of nitrogens with zero attached hydrogens (tertiary/aromatic N) is 3. The molecule has 0 aliphatic heterocycles. The fourth-order valence-electron chi connectivity index (χ4n) is 2.30. The SMILES string of the molecule is CCn1c(=S)c2[nH]c(C3CC3)nc2n(CC)c1=S. The molecule has 0 bridgehead atoms. The van der Waals surface area contributed by atoms with Crippen molar-refractivity contribution >= 4 is 35.6 Å². The summed E-state index contributed by atoms with van der Waals surface area (Å²) in [6.07, 6.45) is 2.46. The predicted octanol–water partition coefficient (Wildman–Crippen LogP) is 3.54. The molecule has 96 valence electrons. The zero-order valence-electron chi connectivity index (χ0n) is 10.6. The summed E-state index contributed by atoms with van der Waals surface area (Å²) in [4.78, 5) is 8.10. The number of H-pyrrole nitrogens is 1. The quantitative estimate of drug-likeness (QED) is 0.874. The second-order valence-corrected chi connectivity index (χ2v) is 5.42. The lowest BCUT2D eigenvalue weighted by molar-refractivity contribution is 0.640. The van der Waals surface area contributed by atoms with E-state index < -0.39 is 0 Å². The van der Waals surface area contributed by atoms with Gasteiger partial charge in [-0.3, -0.25) is 0 Å². The molecule has 1 N–H and O–H groups in total. The van der Waals surface area contributed by atoms with Gasteiger partial charge in [0.2, 0.25) is 0 Å². The van der Waals surface area contributed by atoms with Crippen LogP contribution in [0.5, 0.6) is 0 Å². The highest BCUT2D eigenvalue weighted by molar-refractivity contribution is 7.72. The van der Waals surface area contributed by atoms with E-state index in [1.165, 1.54) is 12.8 Å². The Kier molecular flexibility index (Phi) is 2.86. The minimum Gasteiger partial charge on any atom is -0.338 e. The van der Waals surface area contributed by atoms with Crippen LogP contribution in [0, 0.1) is 9.41 Å². The second kappa shape index (κ2) is 4.28. The van der Waals surface area contributed by atoms with Crippen molar-refractivity contribution in [3.05, 3.63) is 15.2 Å². The van der Waals surface area contributed by atoms with Crippen LogP contribution in [0.3, 0.4) is 0 Å². The van der Waals surface area contributed by atoms with E-state index in [-0.39, 0.29) is 0 Å². The maximum atomic E-state index is 5.52. The van der Waals surface area contributed by atoms with Gasteiger partial charge in [-0.1, -0.05) is 12.2 Å². The Balaban J connectivity index is 2.41. The van der Waals surface area contributed by atoms with Crippen molar-refractivity contribution in [2.24, 2.45) is 0 Å². The van der Waals surface area contributed by atoms with Gasteiger partial charge in [0.1, 0.15) is 16.0 Å². The molecule has 2 aromatic heterocycles. The van der Waals surface area contributed by atoms with Crippen LogP contribution in [-0.4, -0.2) is 19.1 Å². The van der Waals surface area contributed by atoms with Gasteiger partial charge < -0.3 is 14.1 Å². The van der Waals surface area contributed by atoms with Crippen molar-refractivity contribution in [1.82, 2.24) is 19.1 Å². The first-order valence-corrected chi connectivity index (χ1v) is 7.22. The number of nitrogens with one attached hydrogen (secondary N) is 1. The van der Waals surface area contributed by atoms with E-state index in [9.17, 15) is 0 Å². The van der Waals surface area contributed by atoms with Crippen molar-refractivity contribution in [1.29, 1.82) is 0 Å². The molecule has 1 saturated carbocycles. The summed E-state index contributed by atoms with van der Waals surface area (Å²) in [5, 5.41) is 0. The van der Waals surface area contributed by atoms with E-state index in [0.29, 0.717) is 5.92 Å². The lowest BCUT2D eigenvalue weighted by Crippen LogP contribution is -2.10. The molecule has 0 aromatic carbocycles. The third-order valence-electron chi connectivity index (χ3n) is 3.48. The largest absolute Gasteiger partial charge is 0.338 e. The monoisotopic (exact) mass is 280 g/mol. The van der Waals surface area contributed by atoms with E-state index in [4.69, 9.17) is 29.4 Å². The van der Waals surface area contributed by atoms with Gasteiger partial charge in [0.25, 0.3) is 0 Å². The number of rotatable bonds is 3. The van der Waals surface area contributed by atoms with Crippen LogP contribution < -0.4 is 0 Å². The normalized spacial score (nSPS) is 15.4. The number of imidazole rings is 1. The fourth-order valence-corrected chi connectivity index (χ4v) is 3.15. The van der Waals surface area contributed by atoms with Gasteiger partial charge in [0, 0.05) is 19.0 Å². The third kappa shape index (κ3) is 1.66. The average molecular weight is 280 g/mol. The number of aromatic nitrogens is 4. The number of aromatic amines is 1. The molecule has 0 atom stereocenters. The Morgan fingerprint density at radius 1 is 1.22 bits per heavy atom. The van der Waals surface area contributed by atoms with E-state index in [1.54, 1.807) is 0 Å². The van der Waals surface area contributed by atoms with Crippen molar-refractivity contribution < 1.29 is 0 Å². The molecule has 18 heavy (non-hydrogen) atoms. The summed E-state index contributed by atoms with van der Waals surface area (Å²) in [6, 6.07) is 0. The number of aryl methyl sites for hydroxylation is 1. The summed E-state index contributed by atoms with van der Waals surface area (Å²) >= 11 is 11.0. The molecule has 0 unspecified atom stereocenters. The van der Waals surface area contributed by atoms with Crippen molar-refractivity contribution in [3.8, 4) is 0 Å². The molecule has 1 aliphatic rings. The third-order valence-corrected chi connectivity index (χ3v) is 4.34. The molecule has 0 spiro atoms. The molecule has 0 saturated heterocycles. The standard InChI is InChI=1S/C12H16N4S2/c1-3-15-10-8(11(17)16(4-2)12(15)18)13-9(14-10)7-5-6-7/h7H,3-6H2,1-2H3,(H,13,14). The molecule has 1 fully saturated rings. The molecule has 0 amide bonds. The van der Waals surface area contributed by atoms with E-state index in [1.807, 2.05) is 4.57 Å². The first-order chi connectivity index (χ1) is 8.67. The lowest BCUT2D eigenvalue weighted by atomic mass is 10.4. The zero-order chi connectivity index (χ0) is 12.9. The van der Waals surface area contributed by atoms with Crippen molar-refractivity contribution in [2.75, 3.05) is 0 Å². The van der Waals surface area contributed by atoms with Crippen molar-refractivity contribution in [3.63, 3.8) is 0 Å². The van der Waals surface area contributed by atoms with E-state index >= 15 is 0 Å². The zero-order valence-corrected chi connectivity index (χ0v) is 12.2. The van der Waals surface area contributed by atoms with Gasteiger partial charge in [-0.25, -0.2) is 4.98 Å². The smallest absolute Gasteiger partial charge is 0.182 e. The molecule has 6 heteroatoms. The predicted molar refractivity (Wildman–Crippen MR) is 77.1 cm³/mol. The molecule has 4 nitrogen and oxygen atoms in total. The molecule has 1 aliphatic carbocycles. The summed E-state index contributed by atoms with van der Waals surface area (Å²) in [7, 11) is 0. The summed E-state index contributed by atoms with van der Waals surface area (Å²) in [5.41, 5.74) is 1.88. The molecule has 2 aromatic rings. The highest BCUT2D eigenvalue weighted by Gasteiger charge is 2.27.